The van der Waals surface area contributed by atoms with Gasteiger partial charge in [-0.1, -0.05) is 5.92 Å². The molecular formula is C7H9NO3. The van der Waals surface area contributed by atoms with Gasteiger partial charge in [-0.25, -0.2) is 4.79 Å². The average Bonchev–Trinajstić information content (AvgIpc) is 2.30. The van der Waals surface area contributed by atoms with Crippen molar-refractivity contribution in [3.8, 4) is 12.3 Å². The van der Waals surface area contributed by atoms with Gasteiger partial charge in [0.15, 0.2) is 0 Å². The maximum atomic E-state index is 10.4. The van der Waals surface area contributed by atoms with E-state index in [1.54, 1.807) is 0 Å². The Morgan fingerprint density at radius 1 is 1.73 bits per heavy atom. The van der Waals surface area contributed by atoms with Crippen LogP contribution in [0.25, 0.3) is 0 Å². The summed E-state index contributed by atoms with van der Waals surface area (Å²) in [4.78, 5) is 11.5. The highest BCUT2D eigenvalue weighted by Gasteiger charge is 2.32. The summed E-state index contributed by atoms with van der Waals surface area (Å²) >= 11 is 0. The molecule has 0 aromatic rings. The first-order valence-electron chi connectivity index (χ1n) is 3.29. The number of carboxylic acid groups (broad SMARTS) is 1. The molecule has 2 N–H and O–H groups in total. The van der Waals surface area contributed by atoms with Crippen molar-refractivity contribution in [2.75, 3.05) is 6.54 Å². The fraction of sp³-hybridized carbons (Fsp3) is 0.571. The number of rotatable bonds is 0. The molecule has 1 unspecified atom stereocenters. The summed E-state index contributed by atoms with van der Waals surface area (Å²) in [6, 6.07) is -0.456. The highest BCUT2D eigenvalue weighted by atomic mass is 16.4. The predicted octanol–water partition coefficient (Wildman–Crippen LogP) is -0.267. The smallest absolute Gasteiger partial charge is 0.408 e. The number of amides is 1. The summed E-state index contributed by atoms with van der Waals surface area (Å²) < 4.78 is 0. The van der Waals surface area contributed by atoms with Crippen LogP contribution < -0.4 is 0 Å². The first kappa shape index (κ1) is 7.89. The van der Waals surface area contributed by atoms with Crippen LogP contribution in [0.5, 0.6) is 0 Å². The molecule has 0 bridgehead atoms. The zero-order valence-corrected chi connectivity index (χ0v) is 5.90. The highest BCUT2D eigenvalue weighted by Crippen LogP contribution is 2.16. The Labute approximate surface area is 64.4 Å². The number of hydrogen-bond donors (Lipinski definition) is 2. The van der Waals surface area contributed by atoms with Crippen LogP contribution in [0.3, 0.4) is 0 Å². The first-order valence-corrected chi connectivity index (χ1v) is 3.29. The number of likely N-dealkylation sites (tertiary alicyclic amines) is 1. The summed E-state index contributed by atoms with van der Waals surface area (Å²) in [6.45, 7) is 0.129. The number of aliphatic hydroxyl groups excluding tert-OH is 1. The standard InChI is InChI=1S/C7H9NO3/c1-2-5-3-6(9)4-8(5)7(10)11/h1,5-6,9H,3-4H2,(H,10,11)/t5?,6-/m0/s1. The van der Waals surface area contributed by atoms with Crippen LogP contribution in [0, 0.1) is 12.3 Å². The lowest BCUT2D eigenvalue weighted by atomic mass is 10.2. The van der Waals surface area contributed by atoms with Crippen LogP contribution in [-0.2, 0) is 0 Å². The van der Waals surface area contributed by atoms with Crippen LogP contribution in [0.15, 0.2) is 0 Å². The van der Waals surface area contributed by atoms with E-state index in [2.05, 4.69) is 5.92 Å². The Morgan fingerprint density at radius 3 is 2.73 bits per heavy atom. The third-order valence-corrected chi connectivity index (χ3v) is 1.72. The molecule has 1 heterocycles. The Morgan fingerprint density at radius 2 is 2.36 bits per heavy atom. The molecule has 0 aromatic heterocycles. The third-order valence-electron chi connectivity index (χ3n) is 1.72. The topological polar surface area (TPSA) is 60.8 Å². The van der Waals surface area contributed by atoms with E-state index in [4.69, 9.17) is 16.6 Å². The van der Waals surface area contributed by atoms with Gasteiger partial charge in [0.1, 0.15) is 0 Å². The summed E-state index contributed by atoms with van der Waals surface area (Å²) in [5.74, 6) is 2.31. The van der Waals surface area contributed by atoms with E-state index in [-0.39, 0.29) is 6.54 Å². The van der Waals surface area contributed by atoms with Gasteiger partial charge in [0.05, 0.1) is 18.7 Å². The van der Waals surface area contributed by atoms with Crippen molar-refractivity contribution in [2.24, 2.45) is 0 Å². The molecule has 11 heavy (non-hydrogen) atoms. The molecule has 1 aliphatic heterocycles. The Kier molecular flexibility index (Phi) is 2.01. The van der Waals surface area contributed by atoms with Gasteiger partial charge in [-0.05, 0) is 0 Å². The fourth-order valence-electron chi connectivity index (χ4n) is 1.18. The molecule has 0 saturated carbocycles. The van der Waals surface area contributed by atoms with Crippen molar-refractivity contribution in [1.29, 1.82) is 0 Å². The Balaban J connectivity index is 2.67. The number of carbonyl (C=O) groups is 1. The second kappa shape index (κ2) is 2.81. The Bertz CT molecular complexity index is 208. The predicted molar refractivity (Wildman–Crippen MR) is 38.0 cm³/mol. The molecule has 0 aromatic carbocycles. The lowest BCUT2D eigenvalue weighted by molar-refractivity contribution is 0.136. The van der Waals surface area contributed by atoms with Crippen LogP contribution in [0.4, 0.5) is 4.79 Å². The molecule has 4 nitrogen and oxygen atoms in total. The monoisotopic (exact) mass is 155 g/mol. The van der Waals surface area contributed by atoms with Crippen LogP contribution >= 0.6 is 0 Å². The summed E-state index contributed by atoms with van der Waals surface area (Å²) in [5.41, 5.74) is 0. The molecule has 4 heteroatoms. The molecule has 0 spiro atoms. The second-order valence-electron chi connectivity index (χ2n) is 2.51. The van der Waals surface area contributed by atoms with Crippen molar-refractivity contribution >= 4 is 6.09 Å². The second-order valence-corrected chi connectivity index (χ2v) is 2.51. The molecule has 1 rings (SSSR count). The van der Waals surface area contributed by atoms with Gasteiger partial charge >= 0.3 is 6.09 Å². The summed E-state index contributed by atoms with van der Waals surface area (Å²) in [6.07, 6.45) is 3.74. The molecule has 1 fully saturated rings. The van der Waals surface area contributed by atoms with Crippen molar-refractivity contribution < 1.29 is 15.0 Å². The normalized spacial score (nSPS) is 30.0. The molecule has 0 radical (unpaired) electrons. The van der Waals surface area contributed by atoms with Gasteiger partial charge in [-0.2, -0.15) is 0 Å². The van der Waals surface area contributed by atoms with Gasteiger partial charge in [-0.15, -0.1) is 6.42 Å². The first-order chi connectivity index (χ1) is 5.15. The number of aliphatic hydroxyl groups is 1. The quantitative estimate of drug-likeness (QED) is 0.473. The Hall–Kier alpha value is -1.21. The fourth-order valence-corrected chi connectivity index (χ4v) is 1.18. The SMILES string of the molecule is C#CC1C[C@H](O)CN1C(=O)O. The minimum Gasteiger partial charge on any atom is -0.465 e. The van der Waals surface area contributed by atoms with E-state index in [0.717, 1.165) is 4.90 Å². The third kappa shape index (κ3) is 1.44. The van der Waals surface area contributed by atoms with E-state index in [1.165, 1.54) is 0 Å². The number of terminal acetylenes is 1. The number of hydrogen-bond acceptors (Lipinski definition) is 2. The van der Waals surface area contributed by atoms with Crippen LogP contribution in [-0.4, -0.2) is 39.9 Å². The maximum Gasteiger partial charge on any atom is 0.408 e. The highest BCUT2D eigenvalue weighted by molar-refractivity contribution is 5.66. The zero-order chi connectivity index (χ0) is 8.43. The van der Waals surface area contributed by atoms with Crippen molar-refractivity contribution in [3.05, 3.63) is 0 Å². The van der Waals surface area contributed by atoms with Crippen LogP contribution in [0.2, 0.25) is 0 Å². The average molecular weight is 155 g/mol. The number of nitrogens with zero attached hydrogens (tertiary/aromatic N) is 1. The maximum absolute atomic E-state index is 10.4. The summed E-state index contributed by atoms with van der Waals surface area (Å²) in [7, 11) is 0. The lowest BCUT2D eigenvalue weighted by Crippen LogP contribution is -2.33. The van der Waals surface area contributed by atoms with Crippen molar-refractivity contribution in [3.63, 3.8) is 0 Å². The van der Waals surface area contributed by atoms with Gasteiger partial charge in [0, 0.05) is 6.42 Å². The zero-order valence-electron chi connectivity index (χ0n) is 5.90. The summed E-state index contributed by atoms with van der Waals surface area (Å²) in [5, 5.41) is 17.6. The van der Waals surface area contributed by atoms with Crippen molar-refractivity contribution in [2.45, 2.75) is 18.6 Å². The van der Waals surface area contributed by atoms with Crippen LogP contribution in [0.1, 0.15) is 6.42 Å². The lowest BCUT2D eigenvalue weighted by Gasteiger charge is -2.14. The molecule has 1 saturated heterocycles. The van der Waals surface area contributed by atoms with E-state index < -0.39 is 18.2 Å². The molecular weight excluding hydrogens is 146 g/mol. The van der Waals surface area contributed by atoms with Crippen molar-refractivity contribution in [1.82, 2.24) is 4.90 Å². The van der Waals surface area contributed by atoms with Gasteiger partial charge in [0.25, 0.3) is 0 Å². The van der Waals surface area contributed by atoms with Gasteiger partial charge in [0.2, 0.25) is 0 Å². The van der Waals surface area contributed by atoms with E-state index in [0.29, 0.717) is 6.42 Å². The molecule has 1 aliphatic rings. The van der Waals surface area contributed by atoms with Gasteiger partial charge < -0.3 is 10.2 Å². The van der Waals surface area contributed by atoms with E-state index in [9.17, 15) is 4.79 Å². The van der Waals surface area contributed by atoms with E-state index >= 15 is 0 Å². The number of β-amino-alcohol motifs (C(OH)–C–C–N with tert-alkyl or cyclic N) is 1. The molecule has 0 aliphatic carbocycles. The molecule has 60 valence electrons. The minimum atomic E-state index is -1.07. The van der Waals surface area contributed by atoms with E-state index in [1.807, 2.05) is 0 Å². The molecule has 1 amide bonds. The largest absolute Gasteiger partial charge is 0.465 e. The minimum absolute atomic E-state index is 0.129. The van der Waals surface area contributed by atoms with Gasteiger partial charge in [-0.3, -0.25) is 4.90 Å². The molecule has 2 atom stereocenters.